The summed E-state index contributed by atoms with van der Waals surface area (Å²) < 4.78 is 0. The Kier molecular flexibility index (Phi) is 5.52. The summed E-state index contributed by atoms with van der Waals surface area (Å²) in [5, 5.41) is 35.4. The summed E-state index contributed by atoms with van der Waals surface area (Å²) >= 11 is 1.17. The van der Waals surface area contributed by atoms with Crippen LogP contribution in [0.25, 0.3) is 11.3 Å². The highest BCUT2D eigenvalue weighted by molar-refractivity contribution is 7.14. The molecule has 11 nitrogen and oxygen atoms in total. The number of carbonyl (C=O) groups is 2. The number of anilines is 1. The van der Waals surface area contributed by atoms with Gasteiger partial charge in [0.15, 0.2) is 6.04 Å². The monoisotopic (exact) mass is 450 g/mol. The van der Waals surface area contributed by atoms with Gasteiger partial charge in [-0.3, -0.25) is 14.9 Å². The van der Waals surface area contributed by atoms with E-state index in [1.165, 1.54) is 47.7 Å². The van der Waals surface area contributed by atoms with Crippen LogP contribution in [0.15, 0.2) is 69.2 Å². The van der Waals surface area contributed by atoms with Crippen LogP contribution in [0.5, 0.6) is 0 Å². The molecule has 0 bridgehead atoms. The van der Waals surface area contributed by atoms with E-state index < -0.39 is 22.8 Å². The number of thiazole rings is 1. The van der Waals surface area contributed by atoms with E-state index in [-0.39, 0.29) is 11.3 Å². The van der Waals surface area contributed by atoms with E-state index in [2.05, 4.69) is 20.3 Å². The maximum atomic E-state index is 12.8. The average Bonchev–Trinajstić information content (AvgIpc) is 3.37. The summed E-state index contributed by atoms with van der Waals surface area (Å²) in [6.07, 6.45) is 0. The molecule has 160 valence electrons. The zero-order valence-corrected chi connectivity index (χ0v) is 17.3. The number of amides is 1. The van der Waals surface area contributed by atoms with E-state index in [1.54, 1.807) is 24.4 Å². The Morgan fingerprint density at radius 3 is 2.69 bits per heavy atom. The summed E-state index contributed by atoms with van der Waals surface area (Å²) in [6, 6.07) is 10.9. The quantitative estimate of drug-likeness (QED) is 0.336. The first kappa shape index (κ1) is 20.9. The maximum absolute atomic E-state index is 12.8. The Hall–Kier alpha value is -4.32. The van der Waals surface area contributed by atoms with Gasteiger partial charge in [-0.25, -0.2) is 9.78 Å². The van der Waals surface area contributed by atoms with Gasteiger partial charge in [-0.2, -0.15) is 20.3 Å². The van der Waals surface area contributed by atoms with E-state index in [1.807, 2.05) is 0 Å². The van der Waals surface area contributed by atoms with Crippen molar-refractivity contribution in [2.75, 3.05) is 5.01 Å². The molecule has 1 aromatic heterocycles. The van der Waals surface area contributed by atoms with Crippen molar-refractivity contribution < 1.29 is 19.6 Å². The summed E-state index contributed by atoms with van der Waals surface area (Å²) in [6.45, 7) is 1.64. The van der Waals surface area contributed by atoms with Crippen LogP contribution in [-0.2, 0) is 4.79 Å². The predicted molar refractivity (Wildman–Crippen MR) is 117 cm³/mol. The van der Waals surface area contributed by atoms with E-state index in [9.17, 15) is 19.7 Å². The lowest BCUT2D eigenvalue weighted by atomic mass is 10.1. The maximum Gasteiger partial charge on any atom is 0.335 e. The number of nitrogens with zero attached hydrogens (tertiary/aromatic N) is 6. The van der Waals surface area contributed by atoms with Gasteiger partial charge in [0.1, 0.15) is 0 Å². The van der Waals surface area contributed by atoms with Crippen LogP contribution in [-0.4, -0.2) is 38.6 Å². The summed E-state index contributed by atoms with van der Waals surface area (Å²) in [5.41, 5.74) is 1.92. The normalized spacial score (nSPS) is 15.9. The van der Waals surface area contributed by atoms with Gasteiger partial charge >= 0.3 is 5.97 Å². The van der Waals surface area contributed by atoms with Crippen LogP contribution >= 0.6 is 11.3 Å². The molecule has 0 unspecified atom stereocenters. The lowest BCUT2D eigenvalue weighted by Gasteiger charge is -2.08. The van der Waals surface area contributed by atoms with E-state index >= 15 is 0 Å². The molecule has 0 saturated heterocycles. The number of aromatic carboxylic acids is 1. The number of carboxylic acid groups (broad SMARTS) is 1. The molecule has 2 aromatic carbocycles. The third-order valence-electron chi connectivity index (χ3n) is 4.53. The number of carbonyl (C=O) groups excluding carboxylic acids is 1. The third kappa shape index (κ3) is 4.11. The zero-order chi connectivity index (χ0) is 22.8. The van der Waals surface area contributed by atoms with Gasteiger partial charge in [-0.1, -0.05) is 12.1 Å². The second-order valence-corrected chi connectivity index (χ2v) is 7.52. The second kappa shape index (κ2) is 8.43. The number of nitro groups is 1. The number of hydrazone groups is 1. The van der Waals surface area contributed by atoms with Crippen LogP contribution in [0.1, 0.15) is 17.3 Å². The topological polar surface area (TPSA) is 151 Å². The average molecular weight is 450 g/mol. The summed E-state index contributed by atoms with van der Waals surface area (Å²) in [7, 11) is 0. The summed E-state index contributed by atoms with van der Waals surface area (Å²) in [5.74, 6) is -1.49. The van der Waals surface area contributed by atoms with Gasteiger partial charge in [0.25, 0.3) is 11.6 Å². The minimum Gasteiger partial charge on any atom is -0.478 e. The van der Waals surface area contributed by atoms with Crippen molar-refractivity contribution in [3.63, 3.8) is 0 Å². The number of hydrogen-bond acceptors (Lipinski definition) is 9. The highest BCUT2D eigenvalue weighted by Gasteiger charge is 2.36. The first-order valence-corrected chi connectivity index (χ1v) is 10.0. The molecule has 0 saturated carbocycles. The number of non-ortho nitro benzene ring substituents is 1. The highest BCUT2D eigenvalue weighted by atomic mass is 32.1. The van der Waals surface area contributed by atoms with Crippen LogP contribution in [0.4, 0.5) is 16.5 Å². The summed E-state index contributed by atoms with van der Waals surface area (Å²) in [4.78, 5) is 38.6. The molecule has 12 heteroatoms. The molecule has 0 fully saturated rings. The van der Waals surface area contributed by atoms with Crippen LogP contribution in [0, 0.1) is 10.1 Å². The lowest BCUT2D eigenvalue weighted by molar-refractivity contribution is -0.384. The number of benzene rings is 2. The Bertz CT molecular complexity index is 1280. The van der Waals surface area contributed by atoms with Gasteiger partial charge in [0.05, 0.1) is 27.6 Å². The molecule has 32 heavy (non-hydrogen) atoms. The molecular formula is C20H14N6O5S. The van der Waals surface area contributed by atoms with Crippen molar-refractivity contribution in [2.24, 2.45) is 15.3 Å². The lowest BCUT2D eigenvalue weighted by Crippen LogP contribution is -2.29. The van der Waals surface area contributed by atoms with Crippen molar-refractivity contribution in [1.82, 2.24) is 4.98 Å². The van der Waals surface area contributed by atoms with Crippen LogP contribution in [0.2, 0.25) is 0 Å². The largest absolute Gasteiger partial charge is 0.478 e. The molecule has 1 atom stereocenters. The van der Waals surface area contributed by atoms with Crippen molar-refractivity contribution >= 4 is 45.4 Å². The minimum atomic E-state index is -1.05. The molecule has 1 amide bonds. The number of hydrogen-bond donors (Lipinski definition) is 1. The number of azo groups is 1. The molecule has 1 aliphatic heterocycles. The van der Waals surface area contributed by atoms with Crippen molar-refractivity contribution in [2.45, 2.75) is 13.0 Å². The van der Waals surface area contributed by atoms with E-state index in [0.29, 0.717) is 27.8 Å². The molecule has 1 aliphatic rings. The molecule has 0 spiro atoms. The molecule has 3 aromatic rings. The van der Waals surface area contributed by atoms with E-state index in [4.69, 9.17) is 5.11 Å². The van der Waals surface area contributed by atoms with Gasteiger partial charge in [-0.05, 0) is 31.2 Å². The van der Waals surface area contributed by atoms with Crippen molar-refractivity contribution in [1.29, 1.82) is 0 Å². The van der Waals surface area contributed by atoms with Gasteiger partial charge in [-0.15, -0.1) is 11.3 Å². The standard InChI is InChI=1S/C20H14N6O5S/c1-11-17(23-22-14-7-5-12(6-8-14)19(28)29)18(27)25(24-11)20-21-16(10-32-20)13-3-2-4-15(9-13)26(30)31/h2-10,17H,1H3,(H,28,29)/t17-/m0/s1. The Morgan fingerprint density at radius 1 is 1.25 bits per heavy atom. The fourth-order valence-corrected chi connectivity index (χ4v) is 3.68. The fourth-order valence-electron chi connectivity index (χ4n) is 2.89. The van der Waals surface area contributed by atoms with Gasteiger partial charge < -0.3 is 5.11 Å². The van der Waals surface area contributed by atoms with E-state index in [0.717, 1.165) is 5.01 Å². The Morgan fingerprint density at radius 2 is 2.00 bits per heavy atom. The zero-order valence-electron chi connectivity index (χ0n) is 16.4. The first-order valence-electron chi connectivity index (χ1n) is 9.17. The molecular weight excluding hydrogens is 436 g/mol. The minimum absolute atomic E-state index is 0.0555. The molecule has 4 rings (SSSR count). The molecule has 0 aliphatic carbocycles. The number of nitro benzene ring substituents is 1. The smallest absolute Gasteiger partial charge is 0.335 e. The van der Waals surface area contributed by atoms with Crippen molar-refractivity contribution in [3.05, 3.63) is 69.6 Å². The number of aromatic nitrogens is 1. The van der Waals surface area contributed by atoms with Gasteiger partial charge in [0.2, 0.25) is 5.13 Å². The Balaban J connectivity index is 1.52. The first-order chi connectivity index (χ1) is 15.3. The Labute approximate surface area is 184 Å². The molecule has 0 radical (unpaired) electrons. The SMILES string of the molecule is CC1=NN(c2nc(-c3cccc([N+](=O)[O-])c3)cs2)C(=O)[C@H]1N=Nc1ccc(C(=O)O)cc1. The second-order valence-electron chi connectivity index (χ2n) is 6.68. The van der Waals surface area contributed by atoms with Gasteiger partial charge in [0, 0.05) is 23.1 Å². The third-order valence-corrected chi connectivity index (χ3v) is 5.34. The molecule has 1 N–H and O–H groups in total. The van der Waals surface area contributed by atoms with Crippen molar-refractivity contribution in [3.8, 4) is 11.3 Å². The van der Waals surface area contributed by atoms with Crippen LogP contribution in [0.3, 0.4) is 0 Å². The predicted octanol–water partition coefficient (Wildman–Crippen LogP) is 4.29. The fraction of sp³-hybridized carbons (Fsp3) is 0.100. The van der Waals surface area contributed by atoms with Crippen LogP contribution < -0.4 is 5.01 Å². The number of rotatable bonds is 6. The molecule has 2 heterocycles. The highest BCUT2D eigenvalue weighted by Crippen LogP contribution is 2.32. The number of carboxylic acids is 1.